The molecule has 3 heteroatoms. The molecule has 0 unspecified atom stereocenters. The first kappa shape index (κ1) is 15.5. The van der Waals surface area contributed by atoms with Crippen LogP contribution in [0.3, 0.4) is 0 Å². The molecule has 2 fully saturated rings. The molecule has 4 atom stereocenters. The largest absolute Gasteiger partial charge is 0.508 e. The summed E-state index contributed by atoms with van der Waals surface area (Å²) in [7, 11) is 0. The minimum absolute atomic E-state index is 0.0341. The smallest absolute Gasteiger partial charge is 0.136 e. The second kappa shape index (κ2) is 5.09. The van der Waals surface area contributed by atoms with E-state index in [9.17, 15) is 15.0 Å². The van der Waals surface area contributed by atoms with Gasteiger partial charge in [0.1, 0.15) is 11.5 Å². The number of benzene rings is 1. The van der Waals surface area contributed by atoms with Crippen molar-refractivity contribution >= 4 is 5.78 Å². The third-order valence-electron chi connectivity index (χ3n) is 6.55. The summed E-state index contributed by atoms with van der Waals surface area (Å²) in [6.45, 7) is 6.10. The van der Waals surface area contributed by atoms with E-state index >= 15 is 0 Å². The Balaban J connectivity index is 1.92. The van der Waals surface area contributed by atoms with Gasteiger partial charge in [0.15, 0.2) is 0 Å². The van der Waals surface area contributed by atoms with Crippen LogP contribution >= 0.6 is 0 Å². The van der Waals surface area contributed by atoms with Crippen LogP contribution in [0, 0.1) is 24.2 Å². The highest BCUT2D eigenvalue weighted by Gasteiger charge is 2.58. The molecule has 120 valence electrons. The topological polar surface area (TPSA) is 57.5 Å². The van der Waals surface area contributed by atoms with Gasteiger partial charge in [-0.2, -0.15) is 0 Å². The van der Waals surface area contributed by atoms with Crippen LogP contribution in [0.4, 0.5) is 0 Å². The lowest BCUT2D eigenvalue weighted by atomic mass is 9.59. The zero-order valence-corrected chi connectivity index (χ0v) is 13.7. The van der Waals surface area contributed by atoms with Gasteiger partial charge >= 0.3 is 0 Å². The van der Waals surface area contributed by atoms with E-state index < -0.39 is 5.60 Å². The summed E-state index contributed by atoms with van der Waals surface area (Å²) in [6.07, 6.45) is 3.72. The van der Waals surface area contributed by atoms with Crippen LogP contribution in [0.5, 0.6) is 5.75 Å². The minimum Gasteiger partial charge on any atom is -0.508 e. The third kappa shape index (κ3) is 2.26. The summed E-state index contributed by atoms with van der Waals surface area (Å²) < 4.78 is 0. The minimum atomic E-state index is -0.676. The van der Waals surface area contributed by atoms with Crippen molar-refractivity contribution in [2.24, 2.45) is 17.3 Å². The fourth-order valence-electron chi connectivity index (χ4n) is 4.70. The molecule has 0 aromatic heterocycles. The normalized spacial score (nSPS) is 38.1. The molecule has 0 spiro atoms. The Morgan fingerprint density at radius 3 is 2.73 bits per heavy atom. The van der Waals surface area contributed by atoms with Crippen LogP contribution < -0.4 is 0 Å². The number of phenols is 1. The first-order valence-corrected chi connectivity index (χ1v) is 8.28. The van der Waals surface area contributed by atoms with E-state index in [1.165, 1.54) is 0 Å². The summed E-state index contributed by atoms with van der Waals surface area (Å²) in [6, 6.07) is 5.37. The Morgan fingerprint density at radius 2 is 2.00 bits per heavy atom. The third-order valence-corrected chi connectivity index (χ3v) is 6.55. The number of hydrogen-bond acceptors (Lipinski definition) is 3. The molecule has 1 aromatic carbocycles. The number of fused-ring (bicyclic) bond motifs is 1. The summed E-state index contributed by atoms with van der Waals surface area (Å²) in [5.41, 5.74) is 1.32. The van der Waals surface area contributed by atoms with Crippen LogP contribution in [-0.4, -0.2) is 21.6 Å². The van der Waals surface area contributed by atoms with E-state index in [0.29, 0.717) is 18.6 Å². The molecule has 0 amide bonds. The molecule has 3 rings (SSSR count). The van der Waals surface area contributed by atoms with E-state index in [1.807, 2.05) is 19.9 Å². The van der Waals surface area contributed by atoms with Gasteiger partial charge in [0.05, 0.1) is 5.60 Å². The summed E-state index contributed by atoms with van der Waals surface area (Å²) in [5.74, 6) is 0.784. The molecule has 0 heterocycles. The Labute approximate surface area is 132 Å². The quantitative estimate of drug-likeness (QED) is 0.880. The Morgan fingerprint density at radius 1 is 1.27 bits per heavy atom. The molecule has 0 radical (unpaired) electrons. The maximum atomic E-state index is 12.5. The maximum Gasteiger partial charge on any atom is 0.136 e. The molecule has 0 aliphatic heterocycles. The average molecular weight is 302 g/mol. The van der Waals surface area contributed by atoms with Gasteiger partial charge in [-0.25, -0.2) is 0 Å². The zero-order valence-electron chi connectivity index (χ0n) is 13.7. The molecule has 2 aliphatic carbocycles. The molecule has 2 aliphatic rings. The number of carbonyl (C=O) groups excluding carboxylic acids is 1. The molecule has 2 saturated carbocycles. The van der Waals surface area contributed by atoms with E-state index in [0.717, 1.165) is 30.4 Å². The molecular weight excluding hydrogens is 276 g/mol. The Bertz CT molecular complexity index is 605. The van der Waals surface area contributed by atoms with Gasteiger partial charge in [-0.05, 0) is 74.1 Å². The predicted octanol–water partition coefficient (Wildman–Crippen LogP) is 3.39. The highest BCUT2D eigenvalue weighted by atomic mass is 16.3. The van der Waals surface area contributed by atoms with Crippen LogP contribution in [0.15, 0.2) is 18.2 Å². The van der Waals surface area contributed by atoms with E-state index in [4.69, 9.17) is 0 Å². The lowest BCUT2D eigenvalue weighted by Gasteiger charge is -2.47. The molecule has 22 heavy (non-hydrogen) atoms. The summed E-state index contributed by atoms with van der Waals surface area (Å²) >= 11 is 0. The molecule has 0 bridgehead atoms. The van der Waals surface area contributed by atoms with Gasteiger partial charge < -0.3 is 10.2 Å². The SMILES string of the molecule is Cc1ccc(O)cc1C[C@@H]1C(=O)CC[C@@]2(C)[C@H]1CC[C@]2(C)O. The molecule has 1 aromatic rings. The van der Waals surface area contributed by atoms with Crippen molar-refractivity contribution in [2.75, 3.05) is 0 Å². The summed E-state index contributed by atoms with van der Waals surface area (Å²) in [4.78, 5) is 12.5. The lowest BCUT2D eigenvalue weighted by molar-refractivity contribution is -0.138. The van der Waals surface area contributed by atoms with Crippen molar-refractivity contribution in [1.29, 1.82) is 0 Å². The van der Waals surface area contributed by atoms with Gasteiger partial charge in [-0.1, -0.05) is 13.0 Å². The van der Waals surface area contributed by atoms with E-state index in [-0.39, 0.29) is 23.0 Å². The number of aryl methyl sites for hydroxylation is 1. The van der Waals surface area contributed by atoms with Gasteiger partial charge in [0, 0.05) is 12.3 Å². The van der Waals surface area contributed by atoms with Crippen molar-refractivity contribution in [3.05, 3.63) is 29.3 Å². The highest BCUT2D eigenvalue weighted by molar-refractivity contribution is 5.83. The van der Waals surface area contributed by atoms with Crippen molar-refractivity contribution in [3.8, 4) is 5.75 Å². The van der Waals surface area contributed by atoms with E-state index in [2.05, 4.69) is 6.92 Å². The standard InChI is InChI=1S/C19H26O3/c1-12-4-5-14(20)10-13(12)11-15-16-6-9-19(3,22)18(16,2)8-7-17(15)21/h4-5,10,15-16,20,22H,6-9,11H2,1-3H3/t15-,16-,18-,19-/m0/s1. The second-order valence-corrected chi connectivity index (χ2v) is 7.72. The van der Waals surface area contributed by atoms with Gasteiger partial charge in [0.25, 0.3) is 0 Å². The molecule has 2 N–H and O–H groups in total. The van der Waals surface area contributed by atoms with Gasteiger partial charge in [-0.15, -0.1) is 0 Å². The van der Waals surface area contributed by atoms with Gasteiger partial charge in [-0.3, -0.25) is 4.79 Å². The monoisotopic (exact) mass is 302 g/mol. The van der Waals surface area contributed by atoms with Crippen LogP contribution in [-0.2, 0) is 11.2 Å². The van der Waals surface area contributed by atoms with Crippen molar-refractivity contribution in [2.45, 2.75) is 58.5 Å². The number of rotatable bonds is 2. The van der Waals surface area contributed by atoms with Crippen LogP contribution in [0.2, 0.25) is 0 Å². The zero-order chi connectivity index (χ0) is 16.1. The number of aromatic hydroxyl groups is 1. The number of ketones is 1. The molecule has 0 saturated heterocycles. The molecular formula is C19H26O3. The first-order chi connectivity index (χ1) is 10.2. The predicted molar refractivity (Wildman–Crippen MR) is 85.7 cm³/mol. The van der Waals surface area contributed by atoms with Crippen LogP contribution in [0.1, 0.15) is 50.7 Å². The van der Waals surface area contributed by atoms with Crippen molar-refractivity contribution in [3.63, 3.8) is 0 Å². The number of hydrogen-bond donors (Lipinski definition) is 2. The van der Waals surface area contributed by atoms with Crippen molar-refractivity contribution < 1.29 is 15.0 Å². The number of aliphatic hydroxyl groups is 1. The fraction of sp³-hybridized carbons (Fsp3) is 0.632. The number of carbonyl (C=O) groups is 1. The second-order valence-electron chi connectivity index (χ2n) is 7.72. The lowest BCUT2D eigenvalue weighted by Crippen LogP contribution is -2.49. The summed E-state index contributed by atoms with van der Waals surface area (Å²) in [5, 5.41) is 20.5. The molecule has 3 nitrogen and oxygen atoms in total. The average Bonchev–Trinajstić information content (AvgIpc) is 2.69. The Hall–Kier alpha value is -1.35. The highest BCUT2D eigenvalue weighted by Crippen LogP contribution is 2.58. The fourth-order valence-corrected chi connectivity index (χ4v) is 4.70. The Kier molecular flexibility index (Phi) is 3.59. The first-order valence-electron chi connectivity index (χ1n) is 8.28. The van der Waals surface area contributed by atoms with Gasteiger partial charge in [0.2, 0.25) is 0 Å². The maximum absolute atomic E-state index is 12.5. The van der Waals surface area contributed by atoms with E-state index in [1.54, 1.807) is 12.1 Å². The number of phenolic OH excluding ortho intramolecular Hbond substituents is 1. The van der Waals surface area contributed by atoms with Crippen LogP contribution in [0.25, 0.3) is 0 Å². The number of Topliss-reactive ketones (excluding diaryl/α,β-unsaturated/α-hetero) is 1. The van der Waals surface area contributed by atoms with Crippen molar-refractivity contribution in [1.82, 2.24) is 0 Å².